The zero-order valence-corrected chi connectivity index (χ0v) is 19.7. The van der Waals surface area contributed by atoms with Crippen LogP contribution in [-0.4, -0.2) is 35.7 Å². The summed E-state index contributed by atoms with van der Waals surface area (Å²) in [7, 11) is 1.63. The van der Waals surface area contributed by atoms with E-state index in [-0.39, 0.29) is 11.8 Å². The SMILES string of the molecule is COc1ccccc1N1CC(c2nc3ccccc3n2CCCOc2ccc(Cl)cc2)CC1=O. The third-order valence-electron chi connectivity index (χ3n) is 6.16. The van der Waals surface area contributed by atoms with Crippen molar-refractivity contribution in [3.8, 4) is 11.5 Å². The maximum Gasteiger partial charge on any atom is 0.227 e. The number of para-hydroxylation sites is 4. The van der Waals surface area contributed by atoms with Gasteiger partial charge in [-0.3, -0.25) is 4.79 Å². The monoisotopic (exact) mass is 475 g/mol. The van der Waals surface area contributed by atoms with E-state index in [0.717, 1.165) is 41.3 Å². The number of carbonyl (C=O) groups is 1. The van der Waals surface area contributed by atoms with Gasteiger partial charge >= 0.3 is 0 Å². The summed E-state index contributed by atoms with van der Waals surface area (Å²) in [5, 5.41) is 0.690. The molecular weight excluding hydrogens is 450 g/mol. The molecule has 3 aromatic carbocycles. The molecule has 6 nitrogen and oxygen atoms in total. The molecule has 0 bridgehead atoms. The Bertz CT molecular complexity index is 1300. The van der Waals surface area contributed by atoms with E-state index in [4.69, 9.17) is 26.1 Å². The number of halogens is 1. The van der Waals surface area contributed by atoms with Crippen molar-refractivity contribution >= 4 is 34.2 Å². The third kappa shape index (κ3) is 4.46. The number of fused-ring (bicyclic) bond motifs is 1. The molecule has 0 aliphatic carbocycles. The number of hydrogen-bond acceptors (Lipinski definition) is 4. The minimum atomic E-state index is 0.00185. The number of aryl methyl sites for hydroxylation is 1. The van der Waals surface area contributed by atoms with Crippen LogP contribution in [-0.2, 0) is 11.3 Å². The Labute approximate surface area is 203 Å². The lowest BCUT2D eigenvalue weighted by molar-refractivity contribution is -0.117. The largest absolute Gasteiger partial charge is 0.495 e. The fraction of sp³-hybridized carbons (Fsp3) is 0.259. The van der Waals surface area contributed by atoms with E-state index in [9.17, 15) is 4.79 Å². The number of carbonyl (C=O) groups excluding carboxylic acids is 1. The topological polar surface area (TPSA) is 56.6 Å². The number of methoxy groups -OCH3 is 1. The van der Waals surface area contributed by atoms with Gasteiger partial charge < -0.3 is 18.9 Å². The normalized spacial score (nSPS) is 15.8. The van der Waals surface area contributed by atoms with Crippen LogP contribution in [0.3, 0.4) is 0 Å². The quantitative estimate of drug-likeness (QED) is 0.307. The molecule has 1 unspecified atom stereocenters. The second-order valence-electron chi connectivity index (χ2n) is 8.34. The molecule has 2 heterocycles. The number of rotatable bonds is 8. The number of ether oxygens (including phenoxy) is 2. The van der Waals surface area contributed by atoms with Gasteiger partial charge in [-0.2, -0.15) is 0 Å². The predicted octanol–water partition coefficient (Wildman–Crippen LogP) is 5.69. The summed E-state index contributed by atoms with van der Waals surface area (Å²) in [6, 6.07) is 23.2. The van der Waals surface area contributed by atoms with E-state index >= 15 is 0 Å². The maximum atomic E-state index is 13.0. The second-order valence-corrected chi connectivity index (χ2v) is 8.78. The molecule has 34 heavy (non-hydrogen) atoms. The van der Waals surface area contributed by atoms with E-state index in [1.165, 1.54) is 0 Å². The summed E-state index contributed by atoms with van der Waals surface area (Å²) < 4.78 is 13.6. The van der Waals surface area contributed by atoms with Crippen molar-refractivity contribution < 1.29 is 14.3 Å². The van der Waals surface area contributed by atoms with Gasteiger partial charge in [-0.05, 0) is 55.0 Å². The van der Waals surface area contributed by atoms with Gasteiger partial charge in [0.2, 0.25) is 5.91 Å². The van der Waals surface area contributed by atoms with Gasteiger partial charge in [0.05, 0.1) is 30.4 Å². The Balaban J connectivity index is 1.35. The van der Waals surface area contributed by atoms with Gasteiger partial charge in [-0.15, -0.1) is 0 Å². The zero-order chi connectivity index (χ0) is 23.5. The maximum absolute atomic E-state index is 13.0. The van der Waals surface area contributed by atoms with Gasteiger partial charge in [0, 0.05) is 30.5 Å². The average molecular weight is 476 g/mol. The Morgan fingerprint density at radius 3 is 2.62 bits per heavy atom. The van der Waals surface area contributed by atoms with Crippen molar-refractivity contribution in [2.45, 2.75) is 25.3 Å². The van der Waals surface area contributed by atoms with Crippen LogP contribution in [0.1, 0.15) is 24.6 Å². The molecule has 0 radical (unpaired) electrons. The summed E-state index contributed by atoms with van der Waals surface area (Å²) >= 11 is 5.95. The number of amides is 1. The van der Waals surface area contributed by atoms with E-state index in [0.29, 0.717) is 30.3 Å². The molecule has 1 atom stereocenters. The molecular formula is C27H26ClN3O3. The van der Waals surface area contributed by atoms with Crippen molar-refractivity contribution in [3.05, 3.63) is 83.6 Å². The van der Waals surface area contributed by atoms with Crippen LogP contribution >= 0.6 is 11.6 Å². The molecule has 5 rings (SSSR count). The number of imidazole rings is 1. The Kier molecular flexibility index (Phi) is 6.41. The van der Waals surface area contributed by atoms with E-state index in [1.807, 2.05) is 71.6 Å². The highest BCUT2D eigenvalue weighted by molar-refractivity contribution is 6.30. The van der Waals surface area contributed by atoms with Gasteiger partial charge in [-0.25, -0.2) is 4.98 Å². The van der Waals surface area contributed by atoms with Crippen LogP contribution in [0.5, 0.6) is 11.5 Å². The minimum Gasteiger partial charge on any atom is -0.495 e. The van der Waals surface area contributed by atoms with Gasteiger partial charge in [0.1, 0.15) is 17.3 Å². The van der Waals surface area contributed by atoms with Gasteiger partial charge in [0.15, 0.2) is 0 Å². The van der Waals surface area contributed by atoms with Crippen LogP contribution in [0.25, 0.3) is 11.0 Å². The van der Waals surface area contributed by atoms with Crippen molar-refractivity contribution in [1.82, 2.24) is 9.55 Å². The fourth-order valence-corrected chi connectivity index (χ4v) is 4.68. The van der Waals surface area contributed by atoms with Crippen LogP contribution < -0.4 is 14.4 Å². The number of aromatic nitrogens is 2. The highest BCUT2D eigenvalue weighted by atomic mass is 35.5. The van der Waals surface area contributed by atoms with Crippen LogP contribution in [0.15, 0.2) is 72.8 Å². The van der Waals surface area contributed by atoms with Crippen molar-refractivity contribution in [1.29, 1.82) is 0 Å². The summed E-state index contributed by atoms with van der Waals surface area (Å²) in [4.78, 5) is 19.8. The molecule has 0 saturated carbocycles. The third-order valence-corrected chi connectivity index (χ3v) is 6.41. The molecule has 1 amide bonds. The number of nitrogens with zero attached hydrogens (tertiary/aromatic N) is 3. The van der Waals surface area contributed by atoms with Gasteiger partial charge in [0.25, 0.3) is 0 Å². The summed E-state index contributed by atoms with van der Waals surface area (Å²) in [5.74, 6) is 2.53. The standard InChI is InChI=1S/C27H26ClN3O3/c1-33-25-10-5-4-9-24(25)31-18-19(17-26(31)32)27-29-22-7-2-3-8-23(22)30(27)15-6-16-34-21-13-11-20(28)12-14-21/h2-5,7-14,19H,6,15-18H2,1H3. The molecule has 174 valence electrons. The van der Waals surface area contributed by atoms with Crippen LogP contribution in [0, 0.1) is 0 Å². The Morgan fingerprint density at radius 2 is 1.79 bits per heavy atom. The molecule has 1 aliphatic rings. The van der Waals surface area contributed by atoms with Crippen molar-refractivity contribution in [2.24, 2.45) is 0 Å². The molecule has 4 aromatic rings. The molecule has 1 fully saturated rings. The van der Waals surface area contributed by atoms with Crippen LogP contribution in [0.4, 0.5) is 5.69 Å². The smallest absolute Gasteiger partial charge is 0.227 e. The lowest BCUT2D eigenvalue weighted by atomic mass is 10.1. The fourth-order valence-electron chi connectivity index (χ4n) is 4.55. The lowest BCUT2D eigenvalue weighted by Crippen LogP contribution is -2.25. The molecule has 0 N–H and O–H groups in total. The summed E-state index contributed by atoms with van der Waals surface area (Å²) in [6.45, 7) is 1.90. The number of anilines is 1. The Hall–Kier alpha value is -3.51. The summed E-state index contributed by atoms with van der Waals surface area (Å²) in [5.41, 5.74) is 2.82. The predicted molar refractivity (Wildman–Crippen MR) is 134 cm³/mol. The first-order valence-corrected chi connectivity index (χ1v) is 11.8. The molecule has 7 heteroatoms. The number of benzene rings is 3. The molecule has 0 spiro atoms. The Morgan fingerprint density at radius 1 is 1.03 bits per heavy atom. The van der Waals surface area contributed by atoms with Gasteiger partial charge in [-0.1, -0.05) is 35.9 Å². The minimum absolute atomic E-state index is 0.00185. The first-order valence-electron chi connectivity index (χ1n) is 11.4. The van der Waals surface area contributed by atoms with Crippen molar-refractivity contribution in [3.63, 3.8) is 0 Å². The first-order chi connectivity index (χ1) is 16.6. The average Bonchev–Trinajstić information content (AvgIpc) is 3.43. The highest BCUT2D eigenvalue weighted by Gasteiger charge is 2.35. The first kappa shape index (κ1) is 22.3. The zero-order valence-electron chi connectivity index (χ0n) is 19.0. The number of hydrogen-bond donors (Lipinski definition) is 0. The highest BCUT2D eigenvalue weighted by Crippen LogP contribution is 2.37. The van der Waals surface area contributed by atoms with Crippen molar-refractivity contribution in [2.75, 3.05) is 25.2 Å². The van der Waals surface area contributed by atoms with E-state index in [2.05, 4.69) is 10.6 Å². The molecule has 1 saturated heterocycles. The molecule has 1 aromatic heterocycles. The second kappa shape index (κ2) is 9.77. The van der Waals surface area contributed by atoms with Crippen LogP contribution in [0.2, 0.25) is 5.02 Å². The lowest BCUT2D eigenvalue weighted by Gasteiger charge is -2.19. The van der Waals surface area contributed by atoms with E-state index < -0.39 is 0 Å². The van der Waals surface area contributed by atoms with E-state index in [1.54, 1.807) is 7.11 Å². The molecule has 1 aliphatic heterocycles. The summed E-state index contributed by atoms with van der Waals surface area (Å²) in [6.07, 6.45) is 1.23.